The molecule has 1 saturated carbocycles. The molecule has 0 radical (unpaired) electrons. The number of urea groups is 1. The Morgan fingerprint density at radius 3 is 2.57 bits per heavy atom. The average molecular weight is 318 g/mol. The van der Waals surface area contributed by atoms with Gasteiger partial charge in [-0.2, -0.15) is 0 Å². The lowest BCUT2D eigenvalue weighted by Crippen LogP contribution is -2.52. The van der Waals surface area contributed by atoms with Gasteiger partial charge in [0.25, 0.3) is 0 Å². The van der Waals surface area contributed by atoms with Crippen LogP contribution in [0, 0.1) is 5.92 Å². The topological polar surface area (TPSA) is 67.4 Å². The van der Waals surface area contributed by atoms with E-state index < -0.39 is 12.0 Å². The van der Waals surface area contributed by atoms with E-state index in [1.54, 1.807) is 0 Å². The summed E-state index contributed by atoms with van der Waals surface area (Å²) in [6, 6.07) is 8.80. The van der Waals surface area contributed by atoms with Crippen LogP contribution in [0.25, 0.3) is 0 Å². The minimum atomic E-state index is -0.679. The molecule has 0 bridgehead atoms. The molecular weight excluding hydrogens is 292 g/mol. The first-order valence-electron chi connectivity index (χ1n) is 8.29. The second kappa shape index (κ2) is 8.56. The van der Waals surface area contributed by atoms with Crippen LogP contribution in [-0.2, 0) is 16.0 Å². The Balaban J connectivity index is 1.94. The van der Waals surface area contributed by atoms with Crippen molar-refractivity contribution in [1.29, 1.82) is 0 Å². The zero-order valence-corrected chi connectivity index (χ0v) is 13.9. The Hall–Kier alpha value is -2.04. The summed E-state index contributed by atoms with van der Waals surface area (Å²) in [7, 11) is 1.34. The van der Waals surface area contributed by atoms with Gasteiger partial charge in [0, 0.05) is 12.5 Å². The minimum absolute atomic E-state index is 0.179. The van der Waals surface area contributed by atoms with E-state index in [4.69, 9.17) is 4.74 Å². The Kier molecular flexibility index (Phi) is 6.44. The first-order valence-corrected chi connectivity index (χ1v) is 8.29. The fourth-order valence-electron chi connectivity index (χ4n) is 3.08. The molecule has 1 aliphatic rings. The van der Waals surface area contributed by atoms with E-state index in [2.05, 4.69) is 17.6 Å². The summed E-state index contributed by atoms with van der Waals surface area (Å²) >= 11 is 0. The van der Waals surface area contributed by atoms with Gasteiger partial charge in [0.1, 0.15) is 6.04 Å². The molecule has 0 saturated heterocycles. The number of esters is 1. The van der Waals surface area contributed by atoms with Crippen molar-refractivity contribution in [3.8, 4) is 0 Å². The Labute approximate surface area is 137 Å². The Morgan fingerprint density at radius 2 is 1.91 bits per heavy atom. The number of rotatable bonds is 5. The fraction of sp³-hybridized carbons (Fsp3) is 0.556. The molecule has 0 aromatic heterocycles. The molecule has 1 aromatic carbocycles. The standard InChI is InChI=1S/C18H26N2O3/c1-13-8-6-7-11-15(13)19-18(22)20-16(17(21)23-2)12-14-9-4-3-5-10-14/h3-5,9-10,13,15-16H,6-8,11-12H2,1-2H3,(H2,19,20,22)/t13-,15+,16-/m1/s1. The van der Waals surface area contributed by atoms with Gasteiger partial charge in [0.2, 0.25) is 0 Å². The monoisotopic (exact) mass is 318 g/mol. The first kappa shape index (κ1) is 17.3. The summed E-state index contributed by atoms with van der Waals surface area (Å²) in [6.45, 7) is 2.16. The van der Waals surface area contributed by atoms with Crippen LogP contribution in [0.5, 0.6) is 0 Å². The molecule has 5 heteroatoms. The van der Waals surface area contributed by atoms with E-state index in [-0.39, 0.29) is 12.1 Å². The number of carbonyl (C=O) groups is 2. The van der Waals surface area contributed by atoms with Gasteiger partial charge in [-0.1, -0.05) is 50.1 Å². The van der Waals surface area contributed by atoms with Gasteiger partial charge in [0.15, 0.2) is 0 Å². The maximum absolute atomic E-state index is 12.2. The quantitative estimate of drug-likeness (QED) is 0.820. The van der Waals surface area contributed by atoms with Crippen molar-refractivity contribution in [2.24, 2.45) is 5.92 Å². The predicted octanol–water partition coefficient (Wildman–Crippen LogP) is 2.65. The highest BCUT2D eigenvalue weighted by Gasteiger charge is 2.26. The number of hydrogen-bond donors (Lipinski definition) is 2. The van der Waals surface area contributed by atoms with Crippen LogP contribution in [0.4, 0.5) is 4.79 Å². The summed E-state index contributed by atoms with van der Waals surface area (Å²) in [6.07, 6.45) is 4.91. The maximum Gasteiger partial charge on any atom is 0.328 e. The van der Waals surface area contributed by atoms with E-state index in [9.17, 15) is 9.59 Å². The van der Waals surface area contributed by atoms with Crippen LogP contribution in [-0.4, -0.2) is 31.2 Å². The SMILES string of the molecule is COC(=O)[C@@H](Cc1ccccc1)NC(=O)N[C@H]1CCCC[C@H]1C. The highest BCUT2D eigenvalue weighted by atomic mass is 16.5. The number of nitrogens with one attached hydrogen (secondary N) is 2. The molecule has 3 atom stereocenters. The molecule has 2 rings (SSSR count). The molecule has 5 nitrogen and oxygen atoms in total. The van der Waals surface area contributed by atoms with Crippen LogP contribution in [0.3, 0.4) is 0 Å². The average Bonchev–Trinajstić information content (AvgIpc) is 2.56. The van der Waals surface area contributed by atoms with Crippen LogP contribution in [0.1, 0.15) is 38.2 Å². The predicted molar refractivity (Wildman–Crippen MR) is 89.0 cm³/mol. The molecule has 0 unspecified atom stereocenters. The van der Waals surface area contributed by atoms with E-state index in [0.29, 0.717) is 12.3 Å². The first-order chi connectivity index (χ1) is 11.1. The molecule has 2 amide bonds. The molecule has 1 aliphatic carbocycles. The van der Waals surface area contributed by atoms with Crippen LogP contribution >= 0.6 is 0 Å². The van der Waals surface area contributed by atoms with E-state index in [1.165, 1.54) is 13.5 Å². The third-order valence-corrected chi connectivity index (χ3v) is 4.50. The molecule has 0 spiro atoms. The normalized spacial score (nSPS) is 22.0. The van der Waals surface area contributed by atoms with Crippen molar-refractivity contribution in [3.63, 3.8) is 0 Å². The van der Waals surface area contributed by atoms with Crippen molar-refractivity contribution in [3.05, 3.63) is 35.9 Å². The molecule has 23 heavy (non-hydrogen) atoms. The summed E-state index contributed by atoms with van der Waals surface area (Å²) in [5, 5.41) is 5.77. The third kappa shape index (κ3) is 5.27. The van der Waals surface area contributed by atoms with Crippen molar-refractivity contribution in [1.82, 2.24) is 10.6 Å². The van der Waals surface area contributed by atoms with Gasteiger partial charge in [-0.25, -0.2) is 9.59 Å². The van der Waals surface area contributed by atoms with Gasteiger partial charge in [-0.3, -0.25) is 0 Å². The lowest BCUT2D eigenvalue weighted by atomic mass is 9.86. The number of amides is 2. The van der Waals surface area contributed by atoms with Crippen molar-refractivity contribution in [2.45, 2.75) is 51.1 Å². The van der Waals surface area contributed by atoms with Gasteiger partial charge < -0.3 is 15.4 Å². The zero-order chi connectivity index (χ0) is 16.7. The van der Waals surface area contributed by atoms with Crippen LogP contribution in [0.2, 0.25) is 0 Å². The highest BCUT2D eigenvalue weighted by Crippen LogP contribution is 2.23. The number of carbonyl (C=O) groups excluding carboxylic acids is 2. The summed E-state index contributed by atoms with van der Waals surface area (Å²) in [5.41, 5.74) is 0.981. The molecule has 0 heterocycles. The summed E-state index contributed by atoms with van der Waals surface area (Å²) < 4.78 is 4.82. The van der Waals surface area contributed by atoms with Gasteiger partial charge in [-0.15, -0.1) is 0 Å². The molecule has 1 fully saturated rings. The lowest BCUT2D eigenvalue weighted by Gasteiger charge is -2.30. The number of ether oxygens (including phenoxy) is 1. The second-order valence-corrected chi connectivity index (χ2v) is 6.25. The molecule has 2 N–H and O–H groups in total. The second-order valence-electron chi connectivity index (χ2n) is 6.25. The lowest BCUT2D eigenvalue weighted by molar-refractivity contribution is -0.142. The van der Waals surface area contributed by atoms with Crippen molar-refractivity contribution >= 4 is 12.0 Å². The van der Waals surface area contributed by atoms with Gasteiger partial charge >= 0.3 is 12.0 Å². The van der Waals surface area contributed by atoms with E-state index in [0.717, 1.165) is 24.8 Å². The molecule has 0 aliphatic heterocycles. The number of hydrogen-bond acceptors (Lipinski definition) is 3. The van der Waals surface area contributed by atoms with Crippen molar-refractivity contribution < 1.29 is 14.3 Å². The number of methoxy groups -OCH3 is 1. The third-order valence-electron chi connectivity index (χ3n) is 4.50. The summed E-state index contributed by atoms with van der Waals surface area (Å²) in [4.78, 5) is 24.2. The Bertz CT molecular complexity index is 518. The van der Waals surface area contributed by atoms with Crippen LogP contribution in [0.15, 0.2) is 30.3 Å². The summed E-state index contributed by atoms with van der Waals surface area (Å²) in [5.74, 6) is 0.0425. The Morgan fingerprint density at radius 1 is 1.22 bits per heavy atom. The minimum Gasteiger partial charge on any atom is -0.467 e. The van der Waals surface area contributed by atoms with Crippen LogP contribution < -0.4 is 10.6 Å². The molecular formula is C18H26N2O3. The fourth-order valence-corrected chi connectivity index (χ4v) is 3.08. The number of benzene rings is 1. The molecule has 126 valence electrons. The van der Waals surface area contributed by atoms with E-state index >= 15 is 0 Å². The maximum atomic E-state index is 12.2. The molecule has 1 aromatic rings. The zero-order valence-electron chi connectivity index (χ0n) is 13.9. The smallest absolute Gasteiger partial charge is 0.328 e. The van der Waals surface area contributed by atoms with Gasteiger partial charge in [-0.05, 0) is 24.3 Å². The van der Waals surface area contributed by atoms with Crippen molar-refractivity contribution in [2.75, 3.05) is 7.11 Å². The largest absolute Gasteiger partial charge is 0.467 e. The van der Waals surface area contributed by atoms with Gasteiger partial charge in [0.05, 0.1) is 7.11 Å². The van der Waals surface area contributed by atoms with E-state index in [1.807, 2.05) is 30.3 Å². The highest BCUT2D eigenvalue weighted by molar-refractivity contribution is 5.83.